The van der Waals surface area contributed by atoms with Crippen LogP contribution in [0, 0.1) is 11.3 Å². The maximum absolute atomic E-state index is 13.2. The fraction of sp³-hybridized carbons (Fsp3) is 0.222. The fourth-order valence-corrected chi connectivity index (χ4v) is 3.79. The normalized spacial score (nSPS) is 11.4. The molecular weight excluding hydrogens is 542 g/mol. The molecule has 212 valence electrons. The molecule has 1 heterocycles. The molecule has 0 aliphatic heterocycles. The number of aromatic carboxylic acids is 1. The van der Waals surface area contributed by atoms with Crippen LogP contribution in [0.2, 0.25) is 0 Å². The molecule has 0 aliphatic carbocycles. The Kier molecular flexibility index (Phi) is 10.7. The lowest BCUT2D eigenvalue weighted by atomic mass is 9.95. The number of nitrogens with zero attached hydrogens (tertiary/aromatic N) is 1. The number of nitrogen functional groups attached to an aromatic ring is 1. The van der Waals surface area contributed by atoms with Gasteiger partial charge in [0, 0.05) is 28.4 Å². The highest BCUT2D eigenvalue weighted by atomic mass is 35.5. The summed E-state index contributed by atoms with van der Waals surface area (Å²) in [5.74, 6) is -3.03. The molecular formula is C27H30ClN5O7. The lowest BCUT2D eigenvalue weighted by Gasteiger charge is -2.24. The van der Waals surface area contributed by atoms with Gasteiger partial charge < -0.3 is 36.4 Å². The van der Waals surface area contributed by atoms with Crippen LogP contribution >= 0.6 is 12.4 Å². The molecule has 2 amide bonds. The molecule has 1 unspecified atom stereocenters. The molecule has 3 aromatic rings. The SMILES string of the molecule is COc1ccc(-c2ccc(C(=O)NC(C(C)C)C(O)O)cc2C(=O)O)c(C(=O)Nc2ccc(C(=N)N)cc2)n1.Cl. The Bertz CT molecular complexity index is 1400. The number of aliphatic hydroxyl groups excluding tert-OH is 1. The van der Waals surface area contributed by atoms with Gasteiger partial charge >= 0.3 is 5.97 Å². The quantitative estimate of drug-likeness (QED) is 0.108. The summed E-state index contributed by atoms with van der Waals surface area (Å²) >= 11 is 0. The van der Waals surface area contributed by atoms with Crippen molar-refractivity contribution in [3.8, 4) is 17.0 Å². The van der Waals surface area contributed by atoms with E-state index in [1.165, 1.54) is 31.4 Å². The van der Waals surface area contributed by atoms with Crippen LogP contribution in [0.25, 0.3) is 11.1 Å². The van der Waals surface area contributed by atoms with Gasteiger partial charge in [-0.2, -0.15) is 0 Å². The summed E-state index contributed by atoms with van der Waals surface area (Å²) in [6.07, 6.45) is -1.81. The van der Waals surface area contributed by atoms with Crippen molar-refractivity contribution >= 4 is 41.7 Å². The molecule has 2 aromatic carbocycles. The fourth-order valence-electron chi connectivity index (χ4n) is 3.79. The van der Waals surface area contributed by atoms with Gasteiger partial charge in [-0.25, -0.2) is 9.78 Å². The maximum Gasteiger partial charge on any atom is 0.336 e. The van der Waals surface area contributed by atoms with Crippen LogP contribution in [0.3, 0.4) is 0 Å². The average molecular weight is 572 g/mol. The lowest BCUT2D eigenvalue weighted by molar-refractivity contribution is -0.0751. The second-order valence-electron chi connectivity index (χ2n) is 8.92. The first-order chi connectivity index (χ1) is 18.4. The number of nitrogens with two attached hydrogens (primary N) is 1. The molecule has 0 spiro atoms. The Morgan fingerprint density at radius 2 is 1.55 bits per heavy atom. The first kappa shape index (κ1) is 31.7. The zero-order valence-corrected chi connectivity index (χ0v) is 22.7. The number of carbonyl (C=O) groups excluding carboxylic acids is 2. The number of rotatable bonds is 10. The van der Waals surface area contributed by atoms with Crippen LogP contribution in [-0.2, 0) is 0 Å². The number of carboxylic acids is 1. The Hall–Kier alpha value is -4.52. The molecule has 0 aliphatic rings. The number of methoxy groups -OCH3 is 1. The van der Waals surface area contributed by atoms with E-state index >= 15 is 0 Å². The Balaban J connectivity index is 0.00000560. The monoisotopic (exact) mass is 571 g/mol. The van der Waals surface area contributed by atoms with Crippen molar-refractivity contribution < 1.29 is 34.4 Å². The topological polar surface area (TPSA) is 208 Å². The van der Waals surface area contributed by atoms with Crippen LogP contribution in [-0.4, -0.2) is 63.4 Å². The molecule has 1 aromatic heterocycles. The second kappa shape index (κ2) is 13.5. The number of carboxylic acid groups (broad SMARTS) is 1. The minimum Gasteiger partial charge on any atom is -0.481 e. The number of benzene rings is 2. The molecule has 12 nitrogen and oxygen atoms in total. The van der Waals surface area contributed by atoms with Gasteiger partial charge in [0.15, 0.2) is 6.29 Å². The van der Waals surface area contributed by atoms with Crippen molar-refractivity contribution in [2.24, 2.45) is 11.7 Å². The molecule has 0 bridgehead atoms. The van der Waals surface area contributed by atoms with E-state index in [2.05, 4.69) is 15.6 Å². The third-order valence-electron chi connectivity index (χ3n) is 5.89. The average Bonchev–Trinajstić information content (AvgIpc) is 2.90. The van der Waals surface area contributed by atoms with E-state index in [1.807, 2.05) is 0 Å². The highest BCUT2D eigenvalue weighted by Crippen LogP contribution is 2.30. The number of hydrogen-bond donors (Lipinski definition) is 7. The zero-order valence-electron chi connectivity index (χ0n) is 21.8. The zero-order chi connectivity index (χ0) is 28.9. The summed E-state index contributed by atoms with van der Waals surface area (Å²) in [5.41, 5.74) is 6.18. The van der Waals surface area contributed by atoms with E-state index in [9.17, 15) is 29.7 Å². The second-order valence-corrected chi connectivity index (χ2v) is 8.92. The standard InChI is InChI=1S/C27H29N5O7.ClH/c1-13(2)21(27(37)38)32-24(33)15-6-9-17(19(12-15)26(35)36)18-10-11-20(39-3)31-22(18)25(34)30-16-7-4-14(5-8-16)23(28)29;/h4-13,21,27,37-38H,1-3H3,(H3,28,29)(H,30,34)(H,32,33)(H,35,36);1H. The van der Waals surface area contributed by atoms with Gasteiger partial charge in [0.1, 0.15) is 11.5 Å². The number of carbonyl (C=O) groups is 3. The number of ether oxygens (including phenoxy) is 1. The number of halogens is 1. The Morgan fingerprint density at radius 1 is 0.950 bits per heavy atom. The van der Waals surface area contributed by atoms with E-state index in [4.69, 9.17) is 15.9 Å². The molecule has 0 saturated carbocycles. The highest BCUT2D eigenvalue weighted by molar-refractivity contribution is 6.10. The van der Waals surface area contributed by atoms with E-state index in [0.29, 0.717) is 11.3 Å². The van der Waals surface area contributed by atoms with Crippen LogP contribution in [0.4, 0.5) is 5.69 Å². The Morgan fingerprint density at radius 3 is 2.08 bits per heavy atom. The first-order valence-electron chi connectivity index (χ1n) is 11.8. The molecule has 0 radical (unpaired) electrons. The summed E-state index contributed by atoms with van der Waals surface area (Å²) in [6, 6.07) is 12.1. The lowest BCUT2D eigenvalue weighted by Crippen LogP contribution is -2.46. The third kappa shape index (κ3) is 7.32. The summed E-state index contributed by atoms with van der Waals surface area (Å²) in [4.78, 5) is 42.5. The predicted molar refractivity (Wildman–Crippen MR) is 150 cm³/mol. The molecule has 1 atom stereocenters. The summed E-state index contributed by atoms with van der Waals surface area (Å²) < 4.78 is 5.15. The number of aromatic nitrogens is 1. The molecule has 3 rings (SSSR count). The largest absolute Gasteiger partial charge is 0.481 e. The number of pyridine rings is 1. The van der Waals surface area contributed by atoms with E-state index in [0.717, 1.165) is 6.07 Å². The van der Waals surface area contributed by atoms with E-state index in [1.54, 1.807) is 38.1 Å². The van der Waals surface area contributed by atoms with Crippen LogP contribution in [0.1, 0.15) is 50.6 Å². The number of hydrogen-bond acceptors (Lipinski definition) is 8. The minimum absolute atomic E-state index is 0. The van der Waals surface area contributed by atoms with Gasteiger partial charge in [0.25, 0.3) is 11.8 Å². The smallest absolute Gasteiger partial charge is 0.336 e. The first-order valence-corrected chi connectivity index (χ1v) is 11.8. The van der Waals surface area contributed by atoms with Crippen molar-refractivity contribution in [1.29, 1.82) is 5.41 Å². The number of nitrogens with one attached hydrogen (secondary N) is 3. The Labute approximate surface area is 236 Å². The maximum atomic E-state index is 13.2. The van der Waals surface area contributed by atoms with Crippen LogP contribution in [0.5, 0.6) is 5.88 Å². The number of aliphatic hydroxyl groups is 2. The third-order valence-corrected chi connectivity index (χ3v) is 5.89. The number of amides is 2. The highest BCUT2D eigenvalue weighted by Gasteiger charge is 2.26. The van der Waals surface area contributed by atoms with E-state index in [-0.39, 0.29) is 58.0 Å². The number of anilines is 1. The van der Waals surface area contributed by atoms with E-state index < -0.39 is 30.1 Å². The van der Waals surface area contributed by atoms with Gasteiger partial charge in [-0.1, -0.05) is 19.9 Å². The van der Waals surface area contributed by atoms with Crippen molar-refractivity contribution in [1.82, 2.24) is 10.3 Å². The van der Waals surface area contributed by atoms with Crippen molar-refractivity contribution in [2.75, 3.05) is 12.4 Å². The molecule has 40 heavy (non-hydrogen) atoms. The summed E-state index contributed by atoms with van der Waals surface area (Å²) in [6.45, 7) is 3.38. The van der Waals surface area contributed by atoms with Gasteiger partial charge in [-0.3, -0.25) is 15.0 Å². The van der Waals surface area contributed by atoms with Crippen molar-refractivity contribution in [2.45, 2.75) is 26.2 Å². The number of amidine groups is 1. The van der Waals surface area contributed by atoms with Crippen LogP contribution in [0.15, 0.2) is 54.6 Å². The van der Waals surface area contributed by atoms with Gasteiger partial charge in [0.05, 0.1) is 18.7 Å². The molecule has 8 N–H and O–H groups in total. The molecule has 13 heteroatoms. The van der Waals surface area contributed by atoms with Crippen LogP contribution < -0.4 is 21.1 Å². The molecule has 0 saturated heterocycles. The van der Waals surface area contributed by atoms with Crippen molar-refractivity contribution in [3.05, 3.63) is 77.0 Å². The van der Waals surface area contributed by atoms with Gasteiger partial charge in [-0.05, 0) is 53.9 Å². The van der Waals surface area contributed by atoms with Gasteiger partial charge in [-0.15, -0.1) is 12.4 Å². The van der Waals surface area contributed by atoms with Crippen molar-refractivity contribution in [3.63, 3.8) is 0 Å². The minimum atomic E-state index is -1.81. The predicted octanol–water partition coefficient (Wildman–Crippen LogP) is 2.48. The molecule has 0 fully saturated rings. The summed E-state index contributed by atoms with van der Waals surface area (Å²) in [5, 5.41) is 41.7. The summed E-state index contributed by atoms with van der Waals surface area (Å²) in [7, 11) is 1.37. The van der Waals surface area contributed by atoms with Gasteiger partial charge in [0.2, 0.25) is 5.88 Å².